The number of nitrogens with zero attached hydrogens (tertiary/aromatic N) is 1. The highest BCUT2D eigenvalue weighted by Crippen LogP contribution is 2.24. The largest absolute Gasteiger partial charge is 0.263 e. The summed E-state index contributed by atoms with van der Waals surface area (Å²) in [5.41, 5.74) is -0.136. The van der Waals surface area contributed by atoms with Gasteiger partial charge in [-0.15, -0.1) is 0 Å². The zero-order valence-electron chi connectivity index (χ0n) is 10.9. The van der Waals surface area contributed by atoms with Crippen molar-refractivity contribution in [1.82, 2.24) is 9.71 Å². The summed E-state index contributed by atoms with van der Waals surface area (Å²) in [6, 6.07) is 3.04. The molecule has 1 heterocycles. The van der Waals surface area contributed by atoms with Crippen molar-refractivity contribution in [1.29, 1.82) is 0 Å². The molecule has 18 heavy (non-hydrogen) atoms. The van der Waals surface area contributed by atoms with Crippen LogP contribution in [-0.4, -0.2) is 24.8 Å². The van der Waals surface area contributed by atoms with E-state index in [1.807, 2.05) is 20.8 Å². The maximum Gasteiger partial charge on any atom is 0.242 e. The third kappa shape index (κ3) is 4.33. The SMILES string of the molecule is CC(C)(C)C(CCBr)NS(=O)(=O)c1cccnc1. The lowest BCUT2D eigenvalue weighted by Gasteiger charge is -2.30. The molecule has 0 fully saturated rings. The quantitative estimate of drug-likeness (QED) is 0.842. The van der Waals surface area contributed by atoms with Gasteiger partial charge in [-0.05, 0) is 24.0 Å². The summed E-state index contributed by atoms with van der Waals surface area (Å²) in [7, 11) is -3.50. The average Bonchev–Trinajstić information content (AvgIpc) is 2.28. The number of sulfonamides is 1. The zero-order chi connectivity index (χ0) is 13.8. The molecule has 1 aromatic heterocycles. The molecule has 0 spiro atoms. The van der Waals surface area contributed by atoms with E-state index in [-0.39, 0.29) is 16.4 Å². The van der Waals surface area contributed by atoms with E-state index in [0.29, 0.717) is 0 Å². The van der Waals surface area contributed by atoms with Crippen LogP contribution in [0.4, 0.5) is 0 Å². The second kappa shape index (κ2) is 6.12. The molecule has 0 radical (unpaired) electrons. The number of nitrogens with one attached hydrogen (secondary N) is 1. The molecule has 0 aliphatic carbocycles. The molecule has 0 saturated heterocycles. The first-order valence-electron chi connectivity index (χ1n) is 5.75. The van der Waals surface area contributed by atoms with Crippen LogP contribution in [0.25, 0.3) is 0 Å². The first kappa shape index (κ1) is 15.6. The summed E-state index contributed by atoms with van der Waals surface area (Å²) >= 11 is 3.36. The molecule has 1 unspecified atom stereocenters. The lowest BCUT2D eigenvalue weighted by molar-refractivity contribution is 0.293. The van der Waals surface area contributed by atoms with Crippen LogP contribution >= 0.6 is 15.9 Å². The van der Waals surface area contributed by atoms with Crippen molar-refractivity contribution >= 4 is 26.0 Å². The van der Waals surface area contributed by atoms with Crippen molar-refractivity contribution in [3.05, 3.63) is 24.5 Å². The van der Waals surface area contributed by atoms with Crippen LogP contribution in [0, 0.1) is 5.41 Å². The van der Waals surface area contributed by atoms with Crippen LogP contribution in [0.15, 0.2) is 29.4 Å². The van der Waals surface area contributed by atoms with Crippen LogP contribution in [0.3, 0.4) is 0 Å². The Balaban J connectivity index is 2.94. The molecule has 0 aromatic carbocycles. The molecule has 0 saturated carbocycles. The van der Waals surface area contributed by atoms with Gasteiger partial charge in [-0.3, -0.25) is 4.98 Å². The van der Waals surface area contributed by atoms with E-state index in [4.69, 9.17) is 0 Å². The summed E-state index contributed by atoms with van der Waals surface area (Å²) in [5, 5.41) is 0.754. The van der Waals surface area contributed by atoms with Gasteiger partial charge in [0, 0.05) is 23.8 Å². The lowest BCUT2D eigenvalue weighted by atomic mass is 9.86. The number of hydrogen-bond donors (Lipinski definition) is 1. The Morgan fingerprint density at radius 2 is 2.11 bits per heavy atom. The number of halogens is 1. The molecule has 1 N–H and O–H groups in total. The molecule has 4 nitrogen and oxygen atoms in total. The Bertz CT molecular complexity index is 469. The predicted molar refractivity (Wildman–Crippen MR) is 76.2 cm³/mol. The van der Waals surface area contributed by atoms with E-state index in [0.717, 1.165) is 11.8 Å². The van der Waals surface area contributed by atoms with E-state index < -0.39 is 10.0 Å². The molecule has 0 aliphatic rings. The van der Waals surface area contributed by atoms with Gasteiger partial charge in [0.05, 0.1) is 0 Å². The molecule has 102 valence electrons. The van der Waals surface area contributed by atoms with Crippen LogP contribution in [0.1, 0.15) is 27.2 Å². The number of hydrogen-bond acceptors (Lipinski definition) is 3. The Labute approximate surface area is 117 Å². The molecule has 1 atom stereocenters. The number of rotatable bonds is 5. The third-order valence-electron chi connectivity index (χ3n) is 2.69. The summed E-state index contributed by atoms with van der Waals surface area (Å²) in [4.78, 5) is 4.04. The molecule has 0 bridgehead atoms. The van der Waals surface area contributed by atoms with Gasteiger partial charge in [0.25, 0.3) is 0 Å². The fraction of sp³-hybridized carbons (Fsp3) is 0.583. The van der Waals surface area contributed by atoms with Crippen LogP contribution in [-0.2, 0) is 10.0 Å². The smallest absolute Gasteiger partial charge is 0.242 e. The summed E-state index contributed by atoms with van der Waals surface area (Å²) in [6.07, 6.45) is 3.65. The average molecular weight is 335 g/mol. The Hall–Kier alpha value is -0.460. The lowest BCUT2D eigenvalue weighted by Crippen LogP contribution is -2.43. The number of pyridine rings is 1. The standard InChI is InChI=1S/C12H19BrN2O2S/c1-12(2,3)11(6-7-13)15-18(16,17)10-5-4-8-14-9-10/h4-5,8-9,11,15H,6-7H2,1-3H3. The minimum absolute atomic E-state index is 0.123. The summed E-state index contributed by atoms with van der Waals surface area (Å²) < 4.78 is 27.1. The predicted octanol–water partition coefficient (Wildman–Crippen LogP) is 2.56. The van der Waals surface area contributed by atoms with E-state index in [2.05, 4.69) is 25.6 Å². The molecule has 6 heteroatoms. The maximum absolute atomic E-state index is 12.2. The van der Waals surface area contributed by atoms with Gasteiger partial charge in [0.15, 0.2) is 0 Å². The summed E-state index contributed by atoms with van der Waals surface area (Å²) in [6.45, 7) is 6.06. The monoisotopic (exact) mass is 334 g/mol. The maximum atomic E-state index is 12.2. The minimum Gasteiger partial charge on any atom is -0.263 e. The van der Waals surface area contributed by atoms with Gasteiger partial charge >= 0.3 is 0 Å². The molecule has 0 aliphatic heterocycles. The van der Waals surface area contributed by atoms with Crippen molar-refractivity contribution in [2.75, 3.05) is 5.33 Å². The molecular weight excluding hydrogens is 316 g/mol. The number of alkyl halides is 1. The van der Waals surface area contributed by atoms with E-state index in [1.54, 1.807) is 18.3 Å². The van der Waals surface area contributed by atoms with Gasteiger partial charge in [-0.2, -0.15) is 0 Å². The second-order valence-electron chi connectivity index (χ2n) is 5.21. The van der Waals surface area contributed by atoms with Crippen LogP contribution in [0.2, 0.25) is 0 Å². The van der Waals surface area contributed by atoms with Gasteiger partial charge in [0.1, 0.15) is 4.90 Å². The van der Waals surface area contributed by atoms with Crippen LogP contribution in [0.5, 0.6) is 0 Å². The van der Waals surface area contributed by atoms with Crippen molar-refractivity contribution in [2.45, 2.75) is 38.1 Å². The van der Waals surface area contributed by atoms with E-state index >= 15 is 0 Å². The fourth-order valence-corrected chi connectivity index (χ4v) is 3.44. The third-order valence-corrected chi connectivity index (χ3v) is 4.60. The van der Waals surface area contributed by atoms with Gasteiger partial charge in [0.2, 0.25) is 10.0 Å². The van der Waals surface area contributed by atoms with Gasteiger partial charge in [-0.25, -0.2) is 13.1 Å². The van der Waals surface area contributed by atoms with Gasteiger partial charge < -0.3 is 0 Å². The molecule has 1 rings (SSSR count). The molecule has 0 amide bonds. The summed E-state index contributed by atoms with van der Waals surface area (Å²) in [5.74, 6) is 0. The van der Waals surface area contributed by atoms with E-state index in [1.165, 1.54) is 6.20 Å². The zero-order valence-corrected chi connectivity index (χ0v) is 13.3. The van der Waals surface area contributed by atoms with Gasteiger partial charge in [-0.1, -0.05) is 36.7 Å². The first-order valence-corrected chi connectivity index (χ1v) is 8.36. The van der Waals surface area contributed by atoms with Crippen LogP contribution < -0.4 is 4.72 Å². The highest BCUT2D eigenvalue weighted by atomic mass is 79.9. The minimum atomic E-state index is -3.50. The normalized spacial score (nSPS) is 14.4. The fourth-order valence-electron chi connectivity index (χ4n) is 1.54. The Kier molecular flexibility index (Phi) is 5.31. The Morgan fingerprint density at radius 1 is 1.44 bits per heavy atom. The van der Waals surface area contributed by atoms with Crippen molar-refractivity contribution in [2.24, 2.45) is 5.41 Å². The Morgan fingerprint density at radius 3 is 2.56 bits per heavy atom. The van der Waals surface area contributed by atoms with Crippen molar-refractivity contribution < 1.29 is 8.42 Å². The highest BCUT2D eigenvalue weighted by molar-refractivity contribution is 9.09. The highest BCUT2D eigenvalue weighted by Gasteiger charge is 2.29. The van der Waals surface area contributed by atoms with E-state index in [9.17, 15) is 8.42 Å². The van der Waals surface area contributed by atoms with Crippen molar-refractivity contribution in [3.8, 4) is 0 Å². The molecule has 1 aromatic rings. The number of aromatic nitrogens is 1. The molecular formula is C12H19BrN2O2S. The second-order valence-corrected chi connectivity index (χ2v) is 7.71. The first-order chi connectivity index (χ1) is 8.27. The topological polar surface area (TPSA) is 59.1 Å². The van der Waals surface area contributed by atoms with Crippen molar-refractivity contribution in [3.63, 3.8) is 0 Å².